The summed E-state index contributed by atoms with van der Waals surface area (Å²) in [5.74, 6) is -0.858. The number of nitrogen functional groups attached to an aromatic ring is 1. The van der Waals surface area contributed by atoms with Gasteiger partial charge in [0.05, 0.1) is 10.9 Å². The van der Waals surface area contributed by atoms with Gasteiger partial charge in [0.1, 0.15) is 0 Å². The minimum absolute atomic E-state index is 0.0270. The number of sulfone groups is 1. The predicted octanol–water partition coefficient (Wildman–Crippen LogP) is 0.433. The second-order valence-electron chi connectivity index (χ2n) is 4.31. The van der Waals surface area contributed by atoms with Crippen molar-refractivity contribution in [2.24, 2.45) is 0 Å². The van der Waals surface area contributed by atoms with Gasteiger partial charge in [-0.1, -0.05) is 0 Å². The second kappa shape index (κ2) is 4.44. The van der Waals surface area contributed by atoms with Crippen molar-refractivity contribution in [3.05, 3.63) is 12.0 Å². The van der Waals surface area contributed by atoms with Crippen molar-refractivity contribution in [2.45, 2.75) is 18.6 Å². The average molecular weight is 262 g/mol. The third-order valence-corrected chi connectivity index (χ3v) is 4.60. The molecule has 0 aliphatic heterocycles. The normalized spacial score (nSPS) is 12.5. The van der Waals surface area contributed by atoms with Gasteiger partial charge in [-0.3, -0.25) is 0 Å². The minimum Gasteiger partial charge on any atom is -0.368 e. The number of nitrogens with one attached hydrogen (secondary N) is 1. The van der Waals surface area contributed by atoms with E-state index in [0.29, 0.717) is 0 Å². The molecule has 0 amide bonds. The molecule has 8 heteroatoms. The molecule has 1 heterocycles. The lowest BCUT2D eigenvalue weighted by Crippen LogP contribution is -2.38. The van der Waals surface area contributed by atoms with Crippen molar-refractivity contribution in [3.63, 3.8) is 0 Å². The second-order valence-corrected chi connectivity index (χ2v) is 6.96. The van der Waals surface area contributed by atoms with Crippen LogP contribution in [0.5, 0.6) is 0 Å². The summed E-state index contributed by atoms with van der Waals surface area (Å²) in [4.78, 5) is 7.11. The predicted molar refractivity (Wildman–Crippen MR) is 63.8 cm³/mol. The Bertz CT molecular complexity index is 516. The quantitative estimate of drug-likeness (QED) is 0.816. The maximum Gasteiger partial charge on any atom is 0.222 e. The number of halogens is 1. The van der Waals surface area contributed by atoms with Crippen LogP contribution >= 0.6 is 0 Å². The van der Waals surface area contributed by atoms with Crippen LogP contribution in [0.3, 0.4) is 0 Å². The molecule has 0 saturated heterocycles. The molecule has 3 N–H and O–H groups in total. The lowest BCUT2D eigenvalue weighted by atomic mass is 10.2. The van der Waals surface area contributed by atoms with Gasteiger partial charge in [0.25, 0.3) is 0 Å². The molecule has 0 unspecified atom stereocenters. The fraction of sp³-hybridized carbons (Fsp3) is 0.556. The molecule has 1 rings (SSSR count). The van der Waals surface area contributed by atoms with Gasteiger partial charge in [-0.05, 0) is 13.8 Å². The molecular formula is C9H15FN4O2S. The van der Waals surface area contributed by atoms with Crippen LogP contribution in [-0.2, 0) is 9.84 Å². The highest BCUT2D eigenvalue weighted by Gasteiger charge is 2.30. The molecule has 1 aromatic rings. The molecule has 0 radical (unpaired) electrons. The SMILES string of the molecule is CC(C)(CNc1nc(N)ncc1F)S(C)(=O)=O. The van der Waals surface area contributed by atoms with Crippen molar-refractivity contribution in [3.8, 4) is 0 Å². The van der Waals surface area contributed by atoms with Gasteiger partial charge in [-0.2, -0.15) is 4.98 Å². The summed E-state index contributed by atoms with van der Waals surface area (Å²) >= 11 is 0. The Balaban J connectivity index is 2.84. The van der Waals surface area contributed by atoms with Gasteiger partial charge in [0.2, 0.25) is 5.95 Å². The van der Waals surface area contributed by atoms with E-state index >= 15 is 0 Å². The Morgan fingerprint density at radius 2 is 2.12 bits per heavy atom. The largest absolute Gasteiger partial charge is 0.368 e. The molecule has 0 atom stereocenters. The smallest absolute Gasteiger partial charge is 0.222 e. The van der Waals surface area contributed by atoms with Crippen molar-refractivity contribution >= 4 is 21.6 Å². The van der Waals surface area contributed by atoms with Crippen LogP contribution in [0.15, 0.2) is 6.20 Å². The Kier molecular flexibility index (Phi) is 3.56. The number of hydrogen-bond acceptors (Lipinski definition) is 6. The van der Waals surface area contributed by atoms with E-state index in [1.807, 2.05) is 0 Å². The van der Waals surface area contributed by atoms with E-state index in [9.17, 15) is 12.8 Å². The van der Waals surface area contributed by atoms with Crippen molar-refractivity contribution in [2.75, 3.05) is 23.9 Å². The molecule has 96 valence electrons. The maximum absolute atomic E-state index is 13.2. The van der Waals surface area contributed by atoms with E-state index in [-0.39, 0.29) is 18.3 Å². The maximum atomic E-state index is 13.2. The first kappa shape index (κ1) is 13.6. The van der Waals surface area contributed by atoms with Gasteiger partial charge in [-0.15, -0.1) is 0 Å². The third-order valence-electron chi connectivity index (χ3n) is 2.45. The summed E-state index contributed by atoms with van der Waals surface area (Å²) in [7, 11) is -3.26. The van der Waals surface area contributed by atoms with Crippen LogP contribution in [0.4, 0.5) is 16.2 Å². The molecule has 0 fully saturated rings. The Morgan fingerprint density at radius 3 is 2.65 bits per heavy atom. The Labute approximate surface area is 99.4 Å². The van der Waals surface area contributed by atoms with E-state index in [4.69, 9.17) is 5.73 Å². The zero-order valence-electron chi connectivity index (χ0n) is 9.86. The number of aromatic nitrogens is 2. The summed E-state index contributed by atoms with van der Waals surface area (Å²) in [6, 6.07) is 0. The topological polar surface area (TPSA) is 98.0 Å². The van der Waals surface area contributed by atoms with Gasteiger partial charge >= 0.3 is 0 Å². The fourth-order valence-electron chi connectivity index (χ4n) is 0.932. The zero-order valence-corrected chi connectivity index (χ0v) is 10.7. The zero-order chi connectivity index (χ0) is 13.3. The first-order valence-electron chi connectivity index (χ1n) is 4.85. The van der Waals surface area contributed by atoms with Gasteiger partial charge in [-0.25, -0.2) is 17.8 Å². The molecule has 0 bridgehead atoms. The van der Waals surface area contributed by atoms with Crippen LogP contribution in [0.1, 0.15) is 13.8 Å². The van der Waals surface area contributed by atoms with E-state index in [1.54, 1.807) is 0 Å². The highest BCUT2D eigenvalue weighted by atomic mass is 32.2. The van der Waals surface area contributed by atoms with E-state index in [0.717, 1.165) is 12.5 Å². The average Bonchev–Trinajstić information content (AvgIpc) is 2.18. The van der Waals surface area contributed by atoms with Gasteiger partial charge in [0, 0.05) is 12.8 Å². The summed E-state index contributed by atoms with van der Waals surface area (Å²) < 4.78 is 35.1. The van der Waals surface area contributed by atoms with Crippen LogP contribution in [0.25, 0.3) is 0 Å². The van der Waals surface area contributed by atoms with Crippen molar-refractivity contribution < 1.29 is 12.8 Å². The van der Waals surface area contributed by atoms with Crippen molar-refractivity contribution in [1.29, 1.82) is 0 Å². The number of nitrogens with zero attached hydrogens (tertiary/aromatic N) is 2. The number of nitrogens with two attached hydrogens (primary N) is 1. The molecule has 17 heavy (non-hydrogen) atoms. The Hall–Kier alpha value is -1.44. The van der Waals surface area contributed by atoms with E-state index < -0.39 is 20.4 Å². The lowest BCUT2D eigenvalue weighted by Gasteiger charge is -2.23. The van der Waals surface area contributed by atoms with E-state index in [2.05, 4.69) is 15.3 Å². The monoisotopic (exact) mass is 262 g/mol. The first-order valence-corrected chi connectivity index (χ1v) is 6.74. The van der Waals surface area contributed by atoms with Crippen LogP contribution in [0.2, 0.25) is 0 Å². The molecule has 0 aromatic carbocycles. The summed E-state index contributed by atoms with van der Waals surface area (Å²) in [5.41, 5.74) is 5.31. The molecular weight excluding hydrogens is 247 g/mol. The number of hydrogen-bond donors (Lipinski definition) is 2. The van der Waals surface area contributed by atoms with Crippen LogP contribution in [0, 0.1) is 5.82 Å². The standard InChI is InChI=1S/C9H15FN4O2S/c1-9(2,17(3,15)16)5-13-7-6(10)4-12-8(11)14-7/h4H,5H2,1-3H3,(H3,11,12,13,14). The third kappa shape index (κ3) is 3.26. The van der Waals surface area contributed by atoms with E-state index in [1.165, 1.54) is 13.8 Å². The molecule has 0 spiro atoms. The highest BCUT2D eigenvalue weighted by molar-refractivity contribution is 7.92. The minimum atomic E-state index is -3.26. The first-order chi connectivity index (χ1) is 7.63. The lowest BCUT2D eigenvalue weighted by molar-refractivity contribution is 0.557. The Morgan fingerprint density at radius 1 is 1.53 bits per heavy atom. The van der Waals surface area contributed by atoms with Crippen LogP contribution in [-0.4, -0.2) is 35.9 Å². The summed E-state index contributed by atoms with van der Waals surface area (Å²) in [5, 5.41) is 2.62. The molecule has 0 saturated carbocycles. The number of rotatable bonds is 4. The van der Waals surface area contributed by atoms with Gasteiger partial charge < -0.3 is 11.1 Å². The molecule has 6 nitrogen and oxygen atoms in total. The van der Waals surface area contributed by atoms with Gasteiger partial charge in [0.15, 0.2) is 21.5 Å². The van der Waals surface area contributed by atoms with Crippen molar-refractivity contribution in [1.82, 2.24) is 9.97 Å². The molecule has 1 aromatic heterocycles. The fourth-order valence-corrected chi connectivity index (χ4v) is 1.27. The number of anilines is 2. The molecule has 0 aliphatic carbocycles. The summed E-state index contributed by atoms with van der Waals surface area (Å²) in [6.07, 6.45) is 2.05. The van der Waals surface area contributed by atoms with Crippen LogP contribution < -0.4 is 11.1 Å². The summed E-state index contributed by atoms with van der Waals surface area (Å²) in [6.45, 7) is 3.11. The highest BCUT2D eigenvalue weighted by Crippen LogP contribution is 2.17. The molecule has 0 aliphatic rings.